The first-order valence-electron chi connectivity index (χ1n) is 10.1. The molecule has 0 amide bonds. The van der Waals surface area contributed by atoms with Crippen LogP contribution in [0.25, 0.3) is 11.3 Å². The zero-order valence-electron chi connectivity index (χ0n) is 16.2. The molecule has 4 rings (SSSR count). The normalized spacial score (nSPS) is 14.7. The van der Waals surface area contributed by atoms with Crippen LogP contribution in [0.1, 0.15) is 53.9 Å². The highest BCUT2D eigenvalue weighted by Gasteiger charge is 2.15. The molecule has 2 aromatic carbocycles. The van der Waals surface area contributed by atoms with Gasteiger partial charge in [-0.05, 0) is 48.6 Å². The summed E-state index contributed by atoms with van der Waals surface area (Å²) in [7, 11) is 0. The summed E-state index contributed by atoms with van der Waals surface area (Å²) in [6.07, 6.45) is 6.67. The SMILES string of the molecule is O=C(CSc1ccc(-c2ccc(C3CCCCC3)cc2)nn1)c1ccccc1Cl. The van der Waals surface area contributed by atoms with Crippen LogP contribution in [0.3, 0.4) is 0 Å². The molecule has 1 fully saturated rings. The highest BCUT2D eigenvalue weighted by molar-refractivity contribution is 7.99. The van der Waals surface area contributed by atoms with E-state index in [1.807, 2.05) is 24.3 Å². The molecule has 1 aromatic heterocycles. The summed E-state index contributed by atoms with van der Waals surface area (Å²) in [4.78, 5) is 12.3. The van der Waals surface area contributed by atoms with E-state index in [4.69, 9.17) is 11.6 Å². The van der Waals surface area contributed by atoms with E-state index in [1.54, 1.807) is 12.1 Å². The molecule has 29 heavy (non-hydrogen) atoms. The smallest absolute Gasteiger partial charge is 0.174 e. The number of rotatable bonds is 6. The van der Waals surface area contributed by atoms with Gasteiger partial charge in [0.15, 0.2) is 5.78 Å². The number of thioether (sulfide) groups is 1. The zero-order valence-corrected chi connectivity index (χ0v) is 17.8. The van der Waals surface area contributed by atoms with E-state index < -0.39 is 0 Å². The number of carbonyl (C=O) groups is 1. The summed E-state index contributed by atoms with van der Waals surface area (Å²) in [6, 6.07) is 19.7. The van der Waals surface area contributed by atoms with Crippen LogP contribution in [0.5, 0.6) is 0 Å². The van der Waals surface area contributed by atoms with Crippen molar-refractivity contribution in [3.8, 4) is 11.3 Å². The largest absolute Gasteiger partial charge is 0.293 e. The van der Waals surface area contributed by atoms with Crippen LogP contribution in [-0.4, -0.2) is 21.7 Å². The van der Waals surface area contributed by atoms with Crippen molar-refractivity contribution >= 4 is 29.1 Å². The van der Waals surface area contributed by atoms with Gasteiger partial charge in [0.2, 0.25) is 0 Å². The Morgan fingerprint density at radius 3 is 2.38 bits per heavy atom. The lowest BCUT2D eigenvalue weighted by atomic mass is 9.84. The van der Waals surface area contributed by atoms with Crippen LogP contribution in [0, 0.1) is 0 Å². The van der Waals surface area contributed by atoms with Gasteiger partial charge >= 0.3 is 0 Å². The Hall–Kier alpha value is -2.17. The van der Waals surface area contributed by atoms with E-state index >= 15 is 0 Å². The number of hydrogen-bond acceptors (Lipinski definition) is 4. The maximum Gasteiger partial charge on any atom is 0.174 e. The maximum absolute atomic E-state index is 12.3. The average molecular weight is 423 g/mol. The van der Waals surface area contributed by atoms with Gasteiger partial charge in [-0.15, -0.1) is 10.2 Å². The van der Waals surface area contributed by atoms with Crippen molar-refractivity contribution in [2.24, 2.45) is 0 Å². The Morgan fingerprint density at radius 1 is 0.931 bits per heavy atom. The van der Waals surface area contributed by atoms with E-state index in [1.165, 1.54) is 49.4 Å². The summed E-state index contributed by atoms with van der Waals surface area (Å²) < 4.78 is 0. The number of hydrogen-bond donors (Lipinski definition) is 0. The quantitative estimate of drug-likeness (QED) is 0.323. The highest BCUT2D eigenvalue weighted by Crippen LogP contribution is 2.33. The van der Waals surface area contributed by atoms with Crippen LogP contribution >= 0.6 is 23.4 Å². The minimum atomic E-state index is -0.00946. The summed E-state index contributed by atoms with van der Waals surface area (Å²) in [5, 5.41) is 9.85. The summed E-state index contributed by atoms with van der Waals surface area (Å²) >= 11 is 7.47. The molecule has 1 saturated carbocycles. The molecule has 0 N–H and O–H groups in total. The molecule has 3 nitrogen and oxygen atoms in total. The first kappa shape index (κ1) is 20.1. The molecule has 1 heterocycles. The third kappa shape index (κ3) is 5.06. The number of halogens is 1. The standard InChI is InChI=1S/C24H23ClN2OS/c25-21-9-5-4-8-20(21)23(28)16-29-24-15-14-22(26-27-24)19-12-10-18(11-13-19)17-6-2-1-3-7-17/h4-5,8-15,17H,1-3,6-7,16H2. The summed E-state index contributed by atoms with van der Waals surface area (Å²) in [5.74, 6) is 0.983. The molecule has 3 aromatic rings. The lowest BCUT2D eigenvalue weighted by Crippen LogP contribution is -2.04. The van der Waals surface area contributed by atoms with Crippen molar-refractivity contribution in [1.82, 2.24) is 10.2 Å². The molecule has 148 valence electrons. The molecule has 0 aliphatic heterocycles. The fraction of sp³-hybridized carbons (Fsp3) is 0.292. The Bertz CT molecular complexity index is 967. The first-order chi connectivity index (χ1) is 14.2. The number of ketones is 1. The number of aromatic nitrogens is 2. The minimum absolute atomic E-state index is 0.00946. The number of benzene rings is 2. The van der Waals surface area contributed by atoms with Gasteiger partial charge in [-0.2, -0.15) is 0 Å². The second kappa shape index (κ2) is 9.55. The highest BCUT2D eigenvalue weighted by atomic mass is 35.5. The molecule has 1 aliphatic rings. The van der Waals surface area contributed by atoms with Crippen molar-refractivity contribution < 1.29 is 4.79 Å². The van der Waals surface area contributed by atoms with Gasteiger partial charge in [0, 0.05) is 11.1 Å². The van der Waals surface area contributed by atoms with Gasteiger partial charge in [-0.1, -0.05) is 79.0 Å². The van der Waals surface area contributed by atoms with Crippen LogP contribution in [0.2, 0.25) is 5.02 Å². The molecular weight excluding hydrogens is 400 g/mol. The van der Waals surface area contributed by atoms with Gasteiger partial charge < -0.3 is 0 Å². The van der Waals surface area contributed by atoms with Crippen LogP contribution < -0.4 is 0 Å². The molecule has 5 heteroatoms. The van der Waals surface area contributed by atoms with Crippen molar-refractivity contribution in [3.05, 3.63) is 76.8 Å². The van der Waals surface area contributed by atoms with Crippen LogP contribution in [0.4, 0.5) is 0 Å². The number of carbonyl (C=O) groups excluding carboxylic acids is 1. The summed E-state index contributed by atoms with van der Waals surface area (Å²) in [5.41, 5.74) is 3.90. The fourth-order valence-corrected chi connectivity index (χ4v) is 4.76. The molecule has 0 spiro atoms. The molecule has 0 radical (unpaired) electrons. The first-order valence-corrected chi connectivity index (χ1v) is 11.4. The topological polar surface area (TPSA) is 42.9 Å². The van der Waals surface area contributed by atoms with Crippen molar-refractivity contribution in [2.75, 3.05) is 5.75 Å². The molecule has 0 unspecified atom stereocenters. The average Bonchev–Trinajstić information content (AvgIpc) is 2.79. The van der Waals surface area contributed by atoms with Gasteiger partial charge in [0.05, 0.1) is 16.5 Å². The van der Waals surface area contributed by atoms with Crippen molar-refractivity contribution in [2.45, 2.75) is 43.0 Å². The lowest BCUT2D eigenvalue weighted by Gasteiger charge is -2.22. The molecular formula is C24H23ClN2OS. The monoisotopic (exact) mass is 422 g/mol. The third-order valence-corrected chi connectivity index (χ3v) is 6.70. The fourth-order valence-electron chi connectivity index (χ4n) is 3.82. The van der Waals surface area contributed by atoms with Gasteiger partial charge in [0.25, 0.3) is 0 Å². The predicted octanol–water partition coefficient (Wildman–Crippen LogP) is 6.82. The Kier molecular flexibility index (Phi) is 6.63. The van der Waals surface area contributed by atoms with Crippen molar-refractivity contribution in [3.63, 3.8) is 0 Å². The van der Waals surface area contributed by atoms with Crippen LogP contribution in [0.15, 0.2) is 65.7 Å². The van der Waals surface area contributed by atoms with E-state index in [-0.39, 0.29) is 11.5 Å². The Morgan fingerprint density at radius 2 is 1.69 bits per heavy atom. The molecule has 0 bridgehead atoms. The lowest BCUT2D eigenvalue weighted by molar-refractivity contribution is 0.102. The third-order valence-electron chi connectivity index (χ3n) is 5.45. The van der Waals surface area contributed by atoms with E-state index in [2.05, 4.69) is 34.5 Å². The molecule has 1 aliphatic carbocycles. The second-order valence-corrected chi connectivity index (χ2v) is 8.81. The Labute approximate surface area is 180 Å². The van der Waals surface area contributed by atoms with Gasteiger partial charge in [-0.25, -0.2) is 0 Å². The second-order valence-electron chi connectivity index (χ2n) is 7.41. The Balaban J connectivity index is 1.37. The maximum atomic E-state index is 12.3. The van der Waals surface area contributed by atoms with Crippen molar-refractivity contribution in [1.29, 1.82) is 0 Å². The summed E-state index contributed by atoms with van der Waals surface area (Å²) in [6.45, 7) is 0. The van der Waals surface area contributed by atoms with Gasteiger partial charge in [0.1, 0.15) is 5.03 Å². The van der Waals surface area contributed by atoms with E-state index in [9.17, 15) is 4.79 Å². The van der Waals surface area contributed by atoms with E-state index in [0.717, 1.165) is 16.3 Å². The minimum Gasteiger partial charge on any atom is -0.293 e. The predicted molar refractivity (Wildman–Crippen MR) is 120 cm³/mol. The number of Topliss-reactive ketones (excluding diaryl/α,β-unsaturated/α-hetero) is 1. The van der Waals surface area contributed by atoms with Gasteiger partial charge in [-0.3, -0.25) is 4.79 Å². The molecule has 0 saturated heterocycles. The number of nitrogens with zero attached hydrogens (tertiary/aromatic N) is 2. The zero-order chi connectivity index (χ0) is 20.1. The van der Waals surface area contributed by atoms with E-state index in [0.29, 0.717) is 16.5 Å². The van der Waals surface area contributed by atoms with Crippen LogP contribution in [-0.2, 0) is 0 Å². The molecule has 0 atom stereocenters.